The van der Waals surface area contributed by atoms with Crippen LogP contribution in [0.4, 0.5) is 0 Å². The van der Waals surface area contributed by atoms with E-state index in [1.807, 2.05) is 0 Å². The number of nitrogens with zero attached hydrogens (tertiary/aromatic N) is 2. The monoisotopic (exact) mass is 602 g/mol. The molecule has 0 saturated heterocycles. The van der Waals surface area contributed by atoms with E-state index in [2.05, 4.69) is 4.99 Å². The summed E-state index contributed by atoms with van der Waals surface area (Å²) in [5.41, 5.74) is -1.27. The summed E-state index contributed by atoms with van der Waals surface area (Å²) in [5, 5.41) is 63.0. The molecule has 0 fully saturated rings. The predicted molar refractivity (Wildman–Crippen MR) is 154 cm³/mol. The minimum absolute atomic E-state index is 0.188. The topological polar surface area (TPSA) is 195 Å². The van der Waals surface area contributed by atoms with Gasteiger partial charge >= 0.3 is 0 Å². The third-order valence-electron chi connectivity index (χ3n) is 8.25. The Kier molecular flexibility index (Phi) is 8.80. The van der Waals surface area contributed by atoms with Gasteiger partial charge in [-0.3, -0.25) is 9.79 Å². The number of benzene rings is 1. The highest BCUT2D eigenvalue weighted by Crippen LogP contribution is 2.41. The maximum absolute atomic E-state index is 12.8. The van der Waals surface area contributed by atoms with Crippen molar-refractivity contribution in [2.75, 3.05) is 26.4 Å². The first-order valence-corrected chi connectivity index (χ1v) is 14.1. The first kappa shape index (κ1) is 31.3. The highest BCUT2D eigenvalue weighted by Gasteiger charge is 2.49. The fraction of sp³-hybridized carbons (Fsp3) is 0.533. The van der Waals surface area contributed by atoms with Crippen LogP contribution in [0, 0.1) is 6.92 Å². The molecule has 1 aromatic carbocycles. The Bertz CT molecular complexity index is 1500. The van der Waals surface area contributed by atoms with Gasteiger partial charge in [0.15, 0.2) is 5.43 Å². The number of ether oxygens (including phenoxy) is 1. The van der Waals surface area contributed by atoms with Crippen molar-refractivity contribution in [1.29, 1.82) is 0 Å². The zero-order valence-corrected chi connectivity index (χ0v) is 24.2. The number of rotatable bonds is 12. The van der Waals surface area contributed by atoms with Crippen molar-refractivity contribution in [1.82, 2.24) is 4.90 Å². The minimum Gasteiger partial charge on any atom is -0.484 e. The van der Waals surface area contributed by atoms with Crippen LogP contribution in [-0.4, -0.2) is 109 Å². The van der Waals surface area contributed by atoms with Gasteiger partial charge in [0.05, 0.1) is 30.3 Å². The van der Waals surface area contributed by atoms with Crippen molar-refractivity contribution in [2.45, 2.75) is 75.3 Å². The van der Waals surface area contributed by atoms with Crippen LogP contribution in [0.5, 0.6) is 5.75 Å². The molecule has 0 bridgehead atoms. The molecule has 3 aliphatic heterocycles. The number of aliphatic hydroxyl groups is 6. The lowest BCUT2D eigenvalue weighted by Crippen LogP contribution is -2.64. The van der Waals surface area contributed by atoms with Gasteiger partial charge < -0.3 is 44.7 Å². The Morgan fingerprint density at radius 2 is 2.00 bits per heavy atom. The Labute approximate surface area is 247 Å². The summed E-state index contributed by atoms with van der Waals surface area (Å²) in [6.07, 6.45) is 1.02. The standard InChI is InChI=1S/C30H38N2O11/c1-16-10-22(35)19-11-17-12-25(29(2,3)42-26(17)18(6-9-33)27(19)41-16)43-40-14-24(37)30(39,28(38)23(36)13-34)15-32-8-5-20-21(32)4-7-31-20/h4-5,7-8,10-11,21,23-25,28,33-34,36-39H,6,9,12-15H2,1-3H3. The van der Waals surface area contributed by atoms with Crippen molar-refractivity contribution in [3.05, 3.63) is 63.8 Å². The van der Waals surface area contributed by atoms with Gasteiger partial charge in [-0.1, -0.05) is 0 Å². The minimum atomic E-state index is -2.35. The first-order valence-electron chi connectivity index (χ1n) is 14.1. The number of aliphatic imine (C=N–C) groups is 1. The number of β-amino-alcohol motifs (C(OH)–C–C–N with tert-alkyl or cyclic N) is 1. The van der Waals surface area contributed by atoms with E-state index < -0.39 is 48.8 Å². The summed E-state index contributed by atoms with van der Waals surface area (Å²) >= 11 is 0. The van der Waals surface area contributed by atoms with E-state index in [0.717, 1.165) is 5.71 Å². The number of hydrogen-bond donors (Lipinski definition) is 6. The van der Waals surface area contributed by atoms with Crippen LogP contribution in [0.1, 0.15) is 30.7 Å². The molecule has 13 heteroatoms. The lowest BCUT2D eigenvalue weighted by atomic mass is 9.86. The molecule has 13 nitrogen and oxygen atoms in total. The van der Waals surface area contributed by atoms with E-state index in [1.165, 1.54) is 6.07 Å². The van der Waals surface area contributed by atoms with Crippen LogP contribution in [0.3, 0.4) is 0 Å². The molecule has 3 aliphatic rings. The van der Waals surface area contributed by atoms with Gasteiger partial charge in [0.2, 0.25) is 0 Å². The van der Waals surface area contributed by atoms with Crippen molar-refractivity contribution >= 4 is 16.7 Å². The van der Waals surface area contributed by atoms with E-state index >= 15 is 0 Å². The van der Waals surface area contributed by atoms with Gasteiger partial charge in [0.25, 0.3) is 0 Å². The van der Waals surface area contributed by atoms with E-state index in [-0.39, 0.29) is 37.5 Å². The van der Waals surface area contributed by atoms with Crippen LogP contribution in [0.2, 0.25) is 0 Å². The zero-order valence-electron chi connectivity index (χ0n) is 24.2. The Morgan fingerprint density at radius 1 is 1.23 bits per heavy atom. The van der Waals surface area contributed by atoms with Crippen molar-refractivity contribution < 1.29 is 49.6 Å². The Balaban J connectivity index is 1.33. The Hall–Kier alpha value is -3.14. The molecule has 6 unspecified atom stereocenters. The smallest absolute Gasteiger partial charge is 0.192 e. The molecule has 234 valence electrons. The van der Waals surface area contributed by atoms with Gasteiger partial charge in [-0.05, 0) is 44.6 Å². The number of hydrogen-bond acceptors (Lipinski definition) is 13. The molecule has 2 aromatic rings. The molecule has 6 atom stereocenters. The third-order valence-corrected chi connectivity index (χ3v) is 8.25. The summed E-state index contributed by atoms with van der Waals surface area (Å²) < 4.78 is 12.2. The van der Waals surface area contributed by atoms with E-state index in [4.69, 9.17) is 18.9 Å². The molecule has 4 heterocycles. The maximum Gasteiger partial charge on any atom is 0.192 e. The SMILES string of the molecule is Cc1cc(=O)c2cc3c(c(CCO)c2o1)OC(C)(C)C(OOCC(O)C(O)(CN1C=CC2=NC=CC21)C(O)C(O)CO)C3. The van der Waals surface area contributed by atoms with Crippen LogP contribution < -0.4 is 10.2 Å². The number of aryl methyl sites for hydroxylation is 1. The van der Waals surface area contributed by atoms with Gasteiger partial charge in [0, 0.05) is 43.5 Å². The highest BCUT2D eigenvalue weighted by molar-refractivity contribution is 6.04. The average Bonchev–Trinajstić information content (AvgIpc) is 3.58. The summed E-state index contributed by atoms with van der Waals surface area (Å²) in [7, 11) is 0. The van der Waals surface area contributed by atoms with Crippen molar-refractivity contribution in [2.24, 2.45) is 4.99 Å². The van der Waals surface area contributed by atoms with Crippen LogP contribution in [-0.2, 0) is 22.6 Å². The number of fused-ring (bicyclic) bond motifs is 3. The molecule has 0 radical (unpaired) electrons. The molecule has 0 aliphatic carbocycles. The molecule has 6 N–H and O–H groups in total. The molecule has 5 rings (SSSR count). The first-order chi connectivity index (χ1) is 20.4. The summed E-state index contributed by atoms with van der Waals surface area (Å²) in [4.78, 5) is 29.7. The second kappa shape index (κ2) is 12.1. The molecule has 0 amide bonds. The summed E-state index contributed by atoms with van der Waals surface area (Å²) in [6, 6.07) is 2.75. The fourth-order valence-electron chi connectivity index (χ4n) is 5.73. The maximum atomic E-state index is 12.8. The lowest BCUT2D eigenvalue weighted by Gasteiger charge is -2.42. The second-order valence-corrected chi connectivity index (χ2v) is 11.7. The van der Waals surface area contributed by atoms with Gasteiger partial charge in [-0.2, -0.15) is 0 Å². The molecule has 1 aromatic heterocycles. The van der Waals surface area contributed by atoms with E-state index in [0.29, 0.717) is 33.6 Å². The zero-order chi connectivity index (χ0) is 31.1. The van der Waals surface area contributed by atoms with Crippen LogP contribution in [0.15, 0.2) is 50.9 Å². The van der Waals surface area contributed by atoms with Gasteiger partial charge in [0.1, 0.15) is 59.3 Å². The van der Waals surface area contributed by atoms with Crippen molar-refractivity contribution in [3.8, 4) is 5.75 Å². The van der Waals surface area contributed by atoms with Crippen LogP contribution >= 0.6 is 0 Å². The summed E-state index contributed by atoms with van der Waals surface area (Å²) in [6.45, 7) is 3.24. The molecule has 43 heavy (non-hydrogen) atoms. The summed E-state index contributed by atoms with van der Waals surface area (Å²) in [5.74, 6) is 0.920. The normalized spacial score (nSPS) is 23.8. The molecular weight excluding hydrogens is 564 g/mol. The second-order valence-electron chi connectivity index (χ2n) is 11.7. The highest BCUT2D eigenvalue weighted by atomic mass is 17.2. The molecule has 0 saturated carbocycles. The quantitative estimate of drug-likeness (QED) is 0.137. The van der Waals surface area contributed by atoms with Crippen molar-refractivity contribution in [3.63, 3.8) is 0 Å². The lowest BCUT2D eigenvalue weighted by molar-refractivity contribution is -0.363. The van der Waals surface area contributed by atoms with E-state index in [1.54, 1.807) is 56.3 Å². The molecular formula is C30H38N2O11. The third kappa shape index (κ3) is 5.87. The average molecular weight is 603 g/mol. The fourth-order valence-corrected chi connectivity index (χ4v) is 5.73. The van der Waals surface area contributed by atoms with Gasteiger partial charge in [-0.25, -0.2) is 9.78 Å². The van der Waals surface area contributed by atoms with Gasteiger partial charge in [-0.15, -0.1) is 0 Å². The predicted octanol–water partition coefficient (Wildman–Crippen LogP) is -0.361. The van der Waals surface area contributed by atoms with E-state index in [9.17, 15) is 35.4 Å². The number of aliphatic hydroxyl groups excluding tert-OH is 5. The van der Waals surface area contributed by atoms with Crippen LogP contribution in [0.25, 0.3) is 11.0 Å². The molecule has 0 spiro atoms. The largest absolute Gasteiger partial charge is 0.484 e. The Morgan fingerprint density at radius 3 is 2.72 bits per heavy atom.